The SMILES string of the molecule is CC(C)(CO)[C@@H](N)c1ccc(C(F)(F)F)cc1F.Cl. The monoisotopic (exact) mass is 301 g/mol. The molecule has 110 valence electrons. The van der Waals surface area contributed by atoms with Crippen LogP contribution >= 0.6 is 12.4 Å². The lowest BCUT2D eigenvalue weighted by molar-refractivity contribution is -0.137. The molecule has 0 saturated carbocycles. The lowest BCUT2D eigenvalue weighted by Crippen LogP contribution is -2.33. The maximum Gasteiger partial charge on any atom is 0.416 e. The molecular formula is C12H16ClF4NO. The van der Waals surface area contributed by atoms with Gasteiger partial charge in [0.15, 0.2) is 0 Å². The Morgan fingerprint density at radius 1 is 1.26 bits per heavy atom. The van der Waals surface area contributed by atoms with E-state index in [4.69, 9.17) is 10.8 Å². The third-order valence-electron chi connectivity index (χ3n) is 2.91. The molecule has 1 rings (SSSR count). The highest BCUT2D eigenvalue weighted by Crippen LogP contribution is 2.35. The molecule has 0 radical (unpaired) electrons. The topological polar surface area (TPSA) is 46.2 Å². The predicted octanol–water partition coefficient (Wildman–Crippen LogP) is 3.28. The molecule has 0 spiro atoms. The van der Waals surface area contributed by atoms with E-state index in [1.807, 2.05) is 0 Å². The van der Waals surface area contributed by atoms with Crippen LogP contribution in [0.1, 0.15) is 31.0 Å². The Labute approximate surface area is 115 Å². The Morgan fingerprint density at radius 2 is 1.79 bits per heavy atom. The molecular weight excluding hydrogens is 286 g/mol. The van der Waals surface area contributed by atoms with Crippen LogP contribution in [0, 0.1) is 11.2 Å². The molecule has 0 saturated heterocycles. The average Bonchev–Trinajstić information content (AvgIpc) is 2.26. The molecule has 0 amide bonds. The van der Waals surface area contributed by atoms with Gasteiger partial charge >= 0.3 is 6.18 Å². The summed E-state index contributed by atoms with van der Waals surface area (Å²) in [6, 6.07) is 1.33. The van der Waals surface area contributed by atoms with Crippen LogP contribution in [0.15, 0.2) is 18.2 Å². The summed E-state index contributed by atoms with van der Waals surface area (Å²) in [6.45, 7) is 2.91. The second-order valence-corrected chi connectivity index (χ2v) is 4.86. The van der Waals surface area contributed by atoms with E-state index in [2.05, 4.69) is 0 Å². The van der Waals surface area contributed by atoms with E-state index in [0.717, 1.165) is 12.1 Å². The largest absolute Gasteiger partial charge is 0.416 e. The molecule has 3 N–H and O–H groups in total. The third-order valence-corrected chi connectivity index (χ3v) is 2.91. The summed E-state index contributed by atoms with van der Waals surface area (Å²) in [7, 11) is 0. The summed E-state index contributed by atoms with van der Waals surface area (Å²) >= 11 is 0. The molecule has 1 atom stereocenters. The van der Waals surface area contributed by atoms with Crippen LogP contribution in [0.25, 0.3) is 0 Å². The number of hydrogen-bond acceptors (Lipinski definition) is 2. The van der Waals surface area contributed by atoms with Crippen molar-refractivity contribution in [1.29, 1.82) is 0 Å². The number of nitrogens with two attached hydrogens (primary N) is 1. The zero-order valence-electron chi connectivity index (χ0n) is 10.5. The van der Waals surface area contributed by atoms with Crippen molar-refractivity contribution in [3.8, 4) is 0 Å². The van der Waals surface area contributed by atoms with Gasteiger partial charge in [0, 0.05) is 23.6 Å². The van der Waals surface area contributed by atoms with Crippen molar-refractivity contribution in [2.45, 2.75) is 26.1 Å². The maximum atomic E-state index is 13.6. The van der Waals surface area contributed by atoms with E-state index in [1.165, 1.54) is 0 Å². The Kier molecular flexibility index (Phi) is 5.80. The quantitative estimate of drug-likeness (QED) is 0.842. The number of rotatable bonds is 3. The lowest BCUT2D eigenvalue weighted by Gasteiger charge is -2.30. The summed E-state index contributed by atoms with van der Waals surface area (Å²) in [6.07, 6.45) is -4.59. The van der Waals surface area contributed by atoms with Crippen molar-refractivity contribution in [2.75, 3.05) is 6.61 Å². The first-order valence-corrected chi connectivity index (χ1v) is 5.32. The zero-order chi connectivity index (χ0) is 14.1. The van der Waals surface area contributed by atoms with Crippen molar-refractivity contribution in [3.63, 3.8) is 0 Å². The number of benzene rings is 1. The van der Waals surface area contributed by atoms with Crippen LogP contribution in [-0.4, -0.2) is 11.7 Å². The molecule has 0 aromatic heterocycles. The van der Waals surface area contributed by atoms with Gasteiger partial charge in [0.1, 0.15) is 5.82 Å². The lowest BCUT2D eigenvalue weighted by atomic mass is 9.81. The minimum Gasteiger partial charge on any atom is -0.396 e. The summed E-state index contributed by atoms with van der Waals surface area (Å²) in [5, 5.41) is 9.12. The maximum absolute atomic E-state index is 13.6. The number of hydrogen-bond donors (Lipinski definition) is 2. The summed E-state index contributed by atoms with van der Waals surface area (Å²) in [5.74, 6) is -1.01. The van der Waals surface area contributed by atoms with Gasteiger partial charge in [0.2, 0.25) is 0 Å². The average molecular weight is 302 g/mol. The number of aliphatic hydroxyl groups is 1. The van der Waals surface area contributed by atoms with E-state index in [9.17, 15) is 17.6 Å². The van der Waals surface area contributed by atoms with Crippen molar-refractivity contribution in [3.05, 3.63) is 35.1 Å². The molecule has 0 fully saturated rings. The normalized spacial score (nSPS) is 13.9. The van der Waals surface area contributed by atoms with Gasteiger partial charge in [-0.3, -0.25) is 0 Å². The summed E-state index contributed by atoms with van der Waals surface area (Å²) in [4.78, 5) is 0. The fourth-order valence-electron chi connectivity index (χ4n) is 1.47. The van der Waals surface area contributed by atoms with Gasteiger partial charge in [0.25, 0.3) is 0 Å². The molecule has 0 heterocycles. The van der Waals surface area contributed by atoms with Gasteiger partial charge in [-0.05, 0) is 12.1 Å². The highest BCUT2D eigenvalue weighted by molar-refractivity contribution is 5.85. The van der Waals surface area contributed by atoms with Crippen LogP contribution in [0.4, 0.5) is 17.6 Å². The second kappa shape index (κ2) is 6.07. The van der Waals surface area contributed by atoms with E-state index in [1.54, 1.807) is 13.8 Å². The third kappa shape index (κ3) is 4.06. The van der Waals surface area contributed by atoms with Crippen molar-refractivity contribution in [1.82, 2.24) is 0 Å². The minimum atomic E-state index is -4.59. The van der Waals surface area contributed by atoms with Gasteiger partial charge in [-0.1, -0.05) is 19.9 Å². The Balaban J connectivity index is 0.00000324. The molecule has 1 aromatic rings. The molecule has 7 heteroatoms. The number of aliphatic hydroxyl groups excluding tert-OH is 1. The van der Waals surface area contributed by atoms with Gasteiger partial charge in [0.05, 0.1) is 5.56 Å². The van der Waals surface area contributed by atoms with Crippen LogP contribution in [0.3, 0.4) is 0 Å². The van der Waals surface area contributed by atoms with Crippen molar-refractivity contribution >= 4 is 12.4 Å². The van der Waals surface area contributed by atoms with Crippen LogP contribution in [0.2, 0.25) is 0 Å². The van der Waals surface area contributed by atoms with E-state index in [-0.39, 0.29) is 24.6 Å². The van der Waals surface area contributed by atoms with Crippen LogP contribution in [-0.2, 0) is 6.18 Å². The fourth-order valence-corrected chi connectivity index (χ4v) is 1.47. The van der Waals surface area contributed by atoms with Crippen molar-refractivity contribution < 1.29 is 22.7 Å². The number of alkyl halides is 3. The van der Waals surface area contributed by atoms with E-state index < -0.39 is 29.0 Å². The van der Waals surface area contributed by atoms with E-state index in [0.29, 0.717) is 6.07 Å². The zero-order valence-corrected chi connectivity index (χ0v) is 11.3. The highest BCUT2D eigenvalue weighted by Gasteiger charge is 2.33. The standard InChI is InChI=1S/C12H15F4NO.ClH/c1-11(2,6-18)10(17)8-4-3-7(5-9(8)13)12(14,15)16;/h3-5,10,18H,6,17H2,1-2H3;1H/t10-;/m0./s1. The van der Waals surface area contributed by atoms with Gasteiger partial charge in [-0.25, -0.2) is 4.39 Å². The second-order valence-electron chi connectivity index (χ2n) is 4.86. The predicted molar refractivity (Wildman–Crippen MR) is 66.4 cm³/mol. The Morgan fingerprint density at radius 3 is 2.16 bits per heavy atom. The first-order chi connectivity index (χ1) is 8.09. The smallest absolute Gasteiger partial charge is 0.396 e. The number of halogens is 5. The minimum absolute atomic E-state index is 0. The van der Waals surface area contributed by atoms with Gasteiger partial charge < -0.3 is 10.8 Å². The summed E-state index contributed by atoms with van der Waals surface area (Å²) < 4.78 is 50.7. The summed E-state index contributed by atoms with van der Waals surface area (Å²) in [5.41, 5.74) is 3.85. The Bertz CT molecular complexity index is 434. The fraction of sp³-hybridized carbons (Fsp3) is 0.500. The molecule has 0 aliphatic rings. The molecule has 2 nitrogen and oxygen atoms in total. The van der Waals surface area contributed by atoms with Gasteiger partial charge in [-0.2, -0.15) is 13.2 Å². The Hall–Kier alpha value is -0.850. The van der Waals surface area contributed by atoms with Crippen LogP contribution < -0.4 is 5.73 Å². The van der Waals surface area contributed by atoms with E-state index >= 15 is 0 Å². The highest BCUT2D eigenvalue weighted by atomic mass is 35.5. The molecule has 0 unspecified atom stereocenters. The first kappa shape index (κ1) is 18.1. The molecule has 1 aromatic carbocycles. The van der Waals surface area contributed by atoms with Crippen LogP contribution in [0.5, 0.6) is 0 Å². The van der Waals surface area contributed by atoms with Crippen molar-refractivity contribution in [2.24, 2.45) is 11.1 Å². The molecule has 19 heavy (non-hydrogen) atoms. The molecule has 0 bridgehead atoms. The molecule has 0 aliphatic heterocycles. The first-order valence-electron chi connectivity index (χ1n) is 5.32. The molecule has 0 aliphatic carbocycles. The van der Waals surface area contributed by atoms with Gasteiger partial charge in [-0.15, -0.1) is 12.4 Å².